The van der Waals surface area contributed by atoms with E-state index in [0.29, 0.717) is 12.1 Å². The molecular weight excluding hydrogens is 379 g/mol. The summed E-state index contributed by atoms with van der Waals surface area (Å²) in [5.41, 5.74) is 3.23. The largest absolute Gasteiger partial charge is 0.333 e. The van der Waals surface area contributed by atoms with E-state index in [4.69, 9.17) is 0 Å². The number of nitrogens with one attached hydrogen (secondary N) is 2. The Balaban J connectivity index is 1.15. The fourth-order valence-electron chi connectivity index (χ4n) is 5.56. The van der Waals surface area contributed by atoms with Gasteiger partial charge < -0.3 is 10.6 Å². The van der Waals surface area contributed by atoms with Crippen molar-refractivity contribution in [2.75, 3.05) is 13.1 Å². The second-order valence-corrected chi connectivity index (χ2v) is 9.11. The minimum atomic E-state index is -0.217. The molecule has 2 aromatic rings. The fourth-order valence-corrected chi connectivity index (χ4v) is 5.56. The van der Waals surface area contributed by atoms with Crippen LogP contribution in [0.3, 0.4) is 0 Å². The number of nitrogens with zero attached hydrogens (tertiary/aromatic N) is 2. The highest BCUT2D eigenvalue weighted by Gasteiger charge is 2.39. The Morgan fingerprint density at radius 2 is 1.70 bits per heavy atom. The lowest BCUT2D eigenvalue weighted by atomic mass is 9.73. The van der Waals surface area contributed by atoms with Crippen molar-refractivity contribution in [1.29, 1.82) is 0 Å². The number of rotatable bonds is 4. The average Bonchev–Trinajstić information content (AvgIpc) is 3.14. The number of carbonyl (C=O) groups excluding carboxylic acids is 1. The lowest BCUT2D eigenvalue weighted by molar-refractivity contribution is 0.112. The first-order valence-electron chi connectivity index (χ1n) is 11.1. The summed E-state index contributed by atoms with van der Waals surface area (Å²) in [4.78, 5) is 18.5. The molecule has 3 aliphatic rings. The van der Waals surface area contributed by atoms with Gasteiger partial charge in [-0.3, -0.25) is 9.88 Å². The third kappa shape index (κ3) is 4.19. The molecule has 3 heterocycles. The van der Waals surface area contributed by atoms with Crippen molar-refractivity contribution in [3.8, 4) is 11.1 Å². The van der Waals surface area contributed by atoms with E-state index in [-0.39, 0.29) is 11.8 Å². The van der Waals surface area contributed by atoms with Gasteiger partial charge in [-0.1, -0.05) is 12.1 Å². The maximum absolute atomic E-state index is 13.2. The number of urea groups is 1. The molecule has 3 unspecified atom stereocenters. The summed E-state index contributed by atoms with van der Waals surface area (Å²) in [5, 5.41) is 6.15. The molecule has 0 radical (unpaired) electrons. The summed E-state index contributed by atoms with van der Waals surface area (Å²) in [6.45, 7) is 3.13. The number of fused-ring (bicyclic) bond motifs is 1. The zero-order valence-electron chi connectivity index (χ0n) is 17.2. The molecular formula is C24H29FN4O. The summed E-state index contributed by atoms with van der Waals surface area (Å²) in [7, 11) is 0. The number of halogens is 1. The van der Waals surface area contributed by atoms with Crippen molar-refractivity contribution >= 4 is 6.03 Å². The van der Waals surface area contributed by atoms with Crippen LogP contribution >= 0.6 is 0 Å². The van der Waals surface area contributed by atoms with Crippen LogP contribution in [0.5, 0.6) is 0 Å². The first kappa shape index (κ1) is 19.5. The first-order valence-corrected chi connectivity index (χ1v) is 11.1. The van der Waals surface area contributed by atoms with E-state index < -0.39 is 0 Å². The van der Waals surface area contributed by atoms with Crippen LogP contribution in [-0.2, 0) is 6.54 Å². The fraction of sp³-hybridized carbons (Fsp3) is 0.500. The van der Waals surface area contributed by atoms with Crippen molar-refractivity contribution in [2.24, 2.45) is 11.8 Å². The molecule has 0 spiro atoms. The molecule has 3 atom stereocenters. The number of amides is 2. The van der Waals surface area contributed by atoms with Crippen LogP contribution in [-0.4, -0.2) is 41.1 Å². The molecule has 5 nitrogen and oxygen atoms in total. The second-order valence-electron chi connectivity index (χ2n) is 9.11. The van der Waals surface area contributed by atoms with E-state index in [1.54, 1.807) is 12.1 Å². The molecule has 1 saturated carbocycles. The summed E-state index contributed by atoms with van der Waals surface area (Å²) >= 11 is 0. The SMILES string of the molecule is O=C1NC2CCC(C3CCN(Cc4cncc(-c5ccc(F)cc5)c4)CC3)CC2N1. The highest BCUT2D eigenvalue weighted by Crippen LogP contribution is 2.37. The Labute approximate surface area is 177 Å². The van der Waals surface area contributed by atoms with Gasteiger partial charge in [-0.05, 0) is 86.4 Å². The molecule has 2 aliphatic heterocycles. The molecule has 3 fully saturated rings. The molecule has 30 heavy (non-hydrogen) atoms. The molecule has 5 rings (SSSR count). The normalized spacial score (nSPS) is 27.4. The third-order valence-electron chi connectivity index (χ3n) is 7.20. The molecule has 6 heteroatoms. The quantitative estimate of drug-likeness (QED) is 0.805. The summed E-state index contributed by atoms with van der Waals surface area (Å²) < 4.78 is 13.2. The van der Waals surface area contributed by atoms with E-state index in [0.717, 1.165) is 55.4 Å². The van der Waals surface area contributed by atoms with Gasteiger partial charge in [0.25, 0.3) is 0 Å². The number of benzene rings is 1. The smallest absolute Gasteiger partial charge is 0.315 e. The number of piperidine rings is 1. The molecule has 2 N–H and O–H groups in total. The van der Waals surface area contributed by atoms with Crippen LogP contribution in [0.1, 0.15) is 37.7 Å². The lowest BCUT2D eigenvalue weighted by Gasteiger charge is -2.40. The highest BCUT2D eigenvalue weighted by molar-refractivity contribution is 5.77. The maximum atomic E-state index is 13.2. The molecule has 2 amide bonds. The standard InChI is InChI=1S/C24H29FN4O/c25-21-4-1-17(2-5-21)20-11-16(13-26-14-20)15-29-9-7-18(8-10-29)19-3-6-22-23(12-19)28-24(30)27-22/h1-2,4-5,11,13-14,18-19,22-23H,3,6-10,12,15H2,(H2,27,28,30). The maximum Gasteiger partial charge on any atom is 0.315 e. The topological polar surface area (TPSA) is 57.3 Å². The van der Waals surface area contributed by atoms with Crippen molar-refractivity contribution in [1.82, 2.24) is 20.5 Å². The van der Waals surface area contributed by atoms with Crippen LogP contribution < -0.4 is 10.6 Å². The Hall–Kier alpha value is -2.47. The van der Waals surface area contributed by atoms with Gasteiger partial charge in [-0.15, -0.1) is 0 Å². The van der Waals surface area contributed by atoms with Gasteiger partial charge in [-0.2, -0.15) is 0 Å². The van der Waals surface area contributed by atoms with E-state index in [2.05, 4.69) is 26.6 Å². The van der Waals surface area contributed by atoms with E-state index >= 15 is 0 Å². The van der Waals surface area contributed by atoms with Gasteiger partial charge in [-0.25, -0.2) is 9.18 Å². The number of hydrogen-bond donors (Lipinski definition) is 2. The second kappa shape index (κ2) is 8.34. The van der Waals surface area contributed by atoms with Crippen molar-refractivity contribution in [2.45, 2.75) is 50.7 Å². The van der Waals surface area contributed by atoms with Gasteiger partial charge in [0.1, 0.15) is 5.82 Å². The Morgan fingerprint density at radius 3 is 2.50 bits per heavy atom. The minimum absolute atomic E-state index is 0.0111. The number of aromatic nitrogens is 1. The monoisotopic (exact) mass is 408 g/mol. The predicted octanol–water partition coefficient (Wildman–Crippen LogP) is 3.95. The molecule has 1 aliphatic carbocycles. The zero-order chi connectivity index (χ0) is 20.5. The van der Waals surface area contributed by atoms with Crippen molar-refractivity contribution in [3.05, 3.63) is 54.1 Å². The Kier molecular flexibility index (Phi) is 5.42. The molecule has 1 aromatic carbocycles. The van der Waals surface area contributed by atoms with Crippen LogP contribution in [0.4, 0.5) is 9.18 Å². The van der Waals surface area contributed by atoms with Gasteiger partial charge in [0.05, 0.1) is 12.1 Å². The van der Waals surface area contributed by atoms with E-state index in [1.165, 1.54) is 37.0 Å². The average molecular weight is 409 g/mol. The van der Waals surface area contributed by atoms with E-state index in [9.17, 15) is 9.18 Å². The lowest BCUT2D eigenvalue weighted by Crippen LogP contribution is -2.43. The van der Waals surface area contributed by atoms with Gasteiger partial charge in [0.15, 0.2) is 0 Å². The number of carbonyl (C=O) groups is 1. The first-order chi connectivity index (χ1) is 14.6. The van der Waals surface area contributed by atoms with E-state index in [1.807, 2.05) is 12.4 Å². The number of pyridine rings is 1. The third-order valence-corrected chi connectivity index (χ3v) is 7.20. The van der Waals surface area contributed by atoms with Gasteiger partial charge in [0, 0.05) is 24.5 Å². The zero-order valence-corrected chi connectivity index (χ0v) is 17.2. The van der Waals surface area contributed by atoms with Crippen LogP contribution in [0.25, 0.3) is 11.1 Å². The number of likely N-dealkylation sites (tertiary alicyclic amines) is 1. The van der Waals surface area contributed by atoms with Crippen LogP contribution in [0.15, 0.2) is 42.7 Å². The van der Waals surface area contributed by atoms with Crippen molar-refractivity contribution < 1.29 is 9.18 Å². The summed E-state index contributed by atoms with van der Waals surface area (Å²) in [6.07, 6.45) is 9.71. The minimum Gasteiger partial charge on any atom is -0.333 e. The van der Waals surface area contributed by atoms with Crippen LogP contribution in [0.2, 0.25) is 0 Å². The Morgan fingerprint density at radius 1 is 0.933 bits per heavy atom. The number of hydrogen-bond acceptors (Lipinski definition) is 3. The molecule has 158 valence electrons. The highest BCUT2D eigenvalue weighted by atomic mass is 19.1. The predicted molar refractivity (Wildman–Crippen MR) is 114 cm³/mol. The molecule has 2 saturated heterocycles. The Bertz CT molecular complexity index is 894. The molecule has 1 aromatic heterocycles. The van der Waals surface area contributed by atoms with Crippen molar-refractivity contribution in [3.63, 3.8) is 0 Å². The van der Waals surface area contributed by atoms with Crippen LogP contribution in [0, 0.1) is 17.7 Å². The van der Waals surface area contributed by atoms with Gasteiger partial charge in [0.2, 0.25) is 0 Å². The van der Waals surface area contributed by atoms with Gasteiger partial charge >= 0.3 is 6.03 Å². The summed E-state index contributed by atoms with van der Waals surface area (Å²) in [6, 6.07) is 9.45. The summed E-state index contributed by atoms with van der Waals surface area (Å²) in [5.74, 6) is 1.28. The molecule has 0 bridgehead atoms.